The molecular formula is C24H23N3O2S. The van der Waals surface area contributed by atoms with Crippen LogP contribution in [-0.2, 0) is 19.5 Å². The topological polar surface area (TPSA) is 58.5 Å². The van der Waals surface area contributed by atoms with Crippen LogP contribution >= 0.6 is 11.3 Å². The molecule has 0 atom stereocenters. The Morgan fingerprint density at radius 1 is 1.20 bits per heavy atom. The molecule has 5 nitrogen and oxygen atoms in total. The zero-order chi connectivity index (χ0) is 20.5. The molecule has 1 aliphatic heterocycles. The number of aryl methyl sites for hydroxylation is 1. The Morgan fingerprint density at radius 2 is 2.10 bits per heavy atom. The number of thiophene rings is 1. The molecule has 2 aromatic heterocycles. The average Bonchev–Trinajstić information content (AvgIpc) is 3.09. The minimum absolute atomic E-state index is 0.204. The van der Waals surface area contributed by atoms with E-state index in [4.69, 9.17) is 4.74 Å². The van der Waals surface area contributed by atoms with Gasteiger partial charge in [-0.3, -0.25) is 4.90 Å². The van der Waals surface area contributed by atoms with Gasteiger partial charge < -0.3 is 9.84 Å². The number of ether oxygens (including phenoxy) is 1. The second-order valence-corrected chi connectivity index (χ2v) is 8.42. The van der Waals surface area contributed by atoms with Crippen LogP contribution in [0, 0.1) is 0 Å². The van der Waals surface area contributed by atoms with Gasteiger partial charge in [-0.2, -0.15) is 0 Å². The first kappa shape index (κ1) is 19.0. The Labute approximate surface area is 179 Å². The van der Waals surface area contributed by atoms with Crippen molar-refractivity contribution in [3.63, 3.8) is 0 Å². The summed E-state index contributed by atoms with van der Waals surface area (Å²) in [6.45, 7) is 4.80. The van der Waals surface area contributed by atoms with Gasteiger partial charge in [-0.25, -0.2) is 9.97 Å². The molecule has 152 valence electrons. The Balaban J connectivity index is 1.48. The quantitative estimate of drug-likeness (QED) is 0.505. The summed E-state index contributed by atoms with van der Waals surface area (Å²) in [5, 5.41) is 14.1. The lowest BCUT2D eigenvalue weighted by Crippen LogP contribution is -2.26. The largest absolute Gasteiger partial charge is 0.504 e. The molecule has 4 aromatic rings. The van der Waals surface area contributed by atoms with Crippen LogP contribution in [0.5, 0.6) is 11.5 Å². The molecule has 0 saturated carbocycles. The summed E-state index contributed by atoms with van der Waals surface area (Å²) in [5.74, 6) is 1.66. The third kappa shape index (κ3) is 3.64. The highest BCUT2D eigenvalue weighted by molar-refractivity contribution is 7.17. The van der Waals surface area contributed by atoms with Crippen LogP contribution < -0.4 is 4.74 Å². The van der Waals surface area contributed by atoms with E-state index in [-0.39, 0.29) is 5.75 Å². The minimum Gasteiger partial charge on any atom is -0.504 e. The minimum atomic E-state index is 0.204. The van der Waals surface area contributed by atoms with Crippen LogP contribution in [0.25, 0.3) is 21.2 Å². The Bertz CT molecular complexity index is 1200. The van der Waals surface area contributed by atoms with Crippen molar-refractivity contribution in [3.8, 4) is 22.6 Å². The number of hydrogen-bond acceptors (Lipinski definition) is 6. The number of fused-ring (bicyclic) bond motifs is 2. The van der Waals surface area contributed by atoms with Crippen LogP contribution in [0.1, 0.15) is 24.0 Å². The Hall–Kier alpha value is -2.96. The van der Waals surface area contributed by atoms with E-state index in [9.17, 15) is 5.11 Å². The average molecular weight is 418 g/mol. The summed E-state index contributed by atoms with van der Waals surface area (Å²) in [4.78, 5) is 11.2. The van der Waals surface area contributed by atoms with Crippen molar-refractivity contribution < 1.29 is 9.84 Å². The number of aromatic nitrogens is 2. The molecule has 1 aliphatic rings. The first-order valence-corrected chi connectivity index (χ1v) is 11.1. The maximum atomic E-state index is 10.7. The highest BCUT2D eigenvalue weighted by Crippen LogP contribution is 2.41. The third-order valence-electron chi connectivity index (χ3n) is 5.45. The molecule has 2 aromatic carbocycles. The van der Waals surface area contributed by atoms with Crippen LogP contribution in [0.15, 0.2) is 54.0 Å². The van der Waals surface area contributed by atoms with E-state index in [1.165, 1.54) is 10.1 Å². The molecule has 0 amide bonds. The zero-order valence-corrected chi connectivity index (χ0v) is 17.7. The summed E-state index contributed by atoms with van der Waals surface area (Å²) in [7, 11) is 0. The lowest BCUT2D eigenvalue weighted by molar-refractivity contribution is 0.215. The van der Waals surface area contributed by atoms with Gasteiger partial charge >= 0.3 is 0 Å². The van der Waals surface area contributed by atoms with Gasteiger partial charge in [-0.1, -0.05) is 25.1 Å². The molecular weight excluding hydrogens is 394 g/mol. The van der Waals surface area contributed by atoms with E-state index < -0.39 is 0 Å². The molecule has 0 radical (unpaired) electrons. The molecule has 0 aliphatic carbocycles. The van der Waals surface area contributed by atoms with Gasteiger partial charge in [0.25, 0.3) is 0 Å². The van der Waals surface area contributed by atoms with Crippen molar-refractivity contribution in [3.05, 3.63) is 71.1 Å². The maximum Gasteiger partial charge on any atom is 0.165 e. The first-order valence-electron chi connectivity index (χ1n) is 10.2. The summed E-state index contributed by atoms with van der Waals surface area (Å²) in [6, 6.07) is 14.3. The highest BCUT2D eigenvalue weighted by atomic mass is 32.1. The van der Waals surface area contributed by atoms with E-state index >= 15 is 0 Å². The molecule has 6 heteroatoms. The molecule has 0 unspecified atom stereocenters. The number of nitrogens with zero attached hydrogens (tertiary/aromatic N) is 3. The predicted octanol–water partition coefficient (Wildman–Crippen LogP) is 5.02. The zero-order valence-electron chi connectivity index (χ0n) is 16.8. The fraction of sp³-hybridized carbons (Fsp3) is 0.250. The van der Waals surface area contributed by atoms with Crippen molar-refractivity contribution in [2.75, 3.05) is 13.2 Å². The van der Waals surface area contributed by atoms with Gasteiger partial charge in [-0.15, -0.1) is 11.3 Å². The fourth-order valence-corrected chi connectivity index (χ4v) is 4.94. The van der Waals surface area contributed by atoms with Crippen molar-refractivity contribution >= 4 is 21.4 Å². The molecule has 0 fully saturated rings. The van der Waals surface area contributed by atoms with Crippen LogP contribution in [0.2, 0.25) is 0 Å². The van der Waals surface area contributed by atoms with E-state index in [1.807, 2.05) is 18.3 Å². The number of phenolic OH excluding ortho intramolecular Hbond substituents is 1. The fourth-order valence-electron chi connectivity index (χ4n) is 3.97. The first-order chi connectivity index (χ1) is 14.7. The third-order valence-corrected chi connectivity index (χ3v) is 6.41. The highest BCUT2D eigenvalue weighted by Gasteiger charge is 2.21. The summed E-state index contributed by atoms with van der Waals surface area (Å²) in [5.41, 5.74) is 4.18. The molecule has 0 saturated heterocycles. The van der Waals surface area contributed by atoms with E-state index in [1.54, 1.807) is 11.3 Å². The van der Waals surface area contributed by atoms with E-state index in [2.05, 4.69) is 57.5 Å². The monoisotopic (exact) mass is 417 g/mol. The van der Waals surface area contributed by atoms with Crippen molar-refractivity contribution in [2.24, 2.45) is 0 Å². The Morgan fingerprint density at radius 3 is 3.00 bits per heavy atom. The maximum absolute atomic E-state index is 10.7. The number of benzene rings is 2. The van der Waals surface area contributed by atoms with Gasteiger partial charge in [-0.05, 0) is 35.2 Å². The SMILES string of the molecule is CCc1nccc(CN2CCOc3c(O)cc(-c4csc5ccccc45)cc3C2)n1. The van der Waals surface area contributed by atoms with Gasteiger partial charge in [0.05, 0.1) is 5.69 Å². The smallest absolute Gasteiger partial charge is 0.165 e. The lowest BCUT2D eigenvalue weighted by Gasteiger charge is -2.19. The van der Waals surface area contributed by atoms with Crippen LogP contribution in [0.3, 0.4) is 0 Å². The number of aromatic hydroxyl groups is 1. The molecule has 0 bridgehead atoms. The number of phenols is 1. The van der Waals surface area contributed by atoms with Gasteiger partial charge in [0.2, 0.25) is 0 Å². The summed E-state index contributed by atoms with van der Waals surface area (Å²) in [6.07, 6.45) is 2.65. The van der Waals surface area contributed by atoms with E-state index in [0.29, 0.717) is 18.9 Å². The molecule has 0 spiro atoms. The Kier molecular flexibility index (Phi) is 5.11. The standard InChI is InChI=1S/C24H23N3O2S/c1-2-23-25-8-7-18(26-23)14-27-9-10-29-24-17(13-27)11-16(12-21(24)28)20-15-30-22-6-4-3-5-19(20)22/h3-8,11-12,15,28H,2,9-10,13-14H2,1H3. The van der Waals surface area contributed by atoms with Crippen molar-refractivity contribution in [1.82, 2.24) is 14.9 Å². The normalized spacial score (nSPS) is 14.3. The molecule has 5 rings (SSSR count). The molecule has 1 N–H and O–H groups in total. The van der Waals surface area contributed by atoms with Crippen LogP contribution in [-0.4, -0.2) is 33.1 Å². The van der Waals surface area contributed by atoms with Crippen molar-refractivity contribution in [2.45, 2.75) is 26.4 Å². The second kappa shape index (κ2) is 8.05. The van der Waals surface area contributed by atoms with Crippen LogP contribution in [0.4, 0.5) is 0 Å². The lowest BCUT2D eigenvalue weighted by atomic mass is 10.0. The van der Waals surface area contributed by atoms with E-state index in [0.717, 1.165) is 47.7 Å². The molecule has 3 heterocycles. The second-order valence-electron chi connectivity index (χ2n) is 7.51. The number of hydrogen-bond donors (Lipinski definition) is 1. The predicted molar refractivity (Wildman–Crippen MR) is 120 cm³/mol. The molecule has 30 heavy (non-hydrogen) atoms. The summed E-state index contributed by atoms with van der Waals surface area (Å²) < 4.78 is 7.18. The van der Waals surface area contributed by atoms with Gasteiger partial charge in [0, 0.05) is 53.5 Å². The van der Waals surface area contributed by atoms with Crippen molar-refractivity contribution in [1.29, 1.82) is 0 Å². The van der Waals surface area contributed by atoms with Gasteiger partial charge in [0.1, 0.15) is 12.4 Å². The summed E-state index contributed by atoms with van der Waals surface area (Å²) >= 11 is 1.72. The van der Waals surface area contributed by atoms with Gasteiger partial charge in [0.15, 0.2) is 11.5 Å². The number of rotatable bonds is 4.